The normalized spacial score (nSPS) is 18.5. The minimum atomic E-state index is 0.384. The zero-order valence-corrected chi connectivity index (χ0v) is 15.8. The van der Waals surface area contributed by atoms with E-state index in [1.807, 2.05) is 32.3 Å². The van der Waals surface area contributed by atoms with Crippen LogP contribution in [0.25, 0.3) is 16.7 Å². The van der Waals surface area contributed by atoms with Gasteiger partial charge in [0.2, 0.25) is 5.95 Å². The smallest absolute Gasteiger partial charge is 0.229 e. The summed E-state index contributed by atoms with van der Waals surface area (Å²) in [6.07, 6.45) is 7.52. The predicted octanol–water partition coefficient (Wildman–Crippen LogP) is 2.58. The summed E-state index contributed by atoms with van der Waals surface area (Å²) in [4.78, 5) is 13.5. The topological polar surface area (TPSA) is 95.1 Å². The van der Waals surface area contributed by atoms with Gasteiger partial charge in [0.15, 0.2) is 11.3 Å². The van der Waals surface area contributed by atoms with Crippen molar-refractivity contribution in [1.82, 2.24) is 34.3 Å². The van der Waals surface area contributed by atoms with Crippen LogP contribution in [0.4, 0.5) is 11.6 Å². The number of hydrogen-bond donors (Lipinski definition) is 1. The number of aryl methyl sites for hydroxylation is 2. The van der Waals surface area contributed by atoms with Gasteiger partial charge in [-0.15, -0.1) is 0 Å². The van der Waals surface area contributed by atoms with Crippen molar-refractivity contribution in [1.29, 1.82) is 0 Å². The summed E-state index contributed by atoms with van der Waals surface area (Å²) in [5.41, 5.74) is 5.00. The summed E-state index contributed by atoms with van der Waals surface area (Å²) in [6, 6.07) is 2.37. The maximum absolute atomic E-state index is 5.40. The number of ether oxygens (including phenoxy) is 1. The van der Waals surface area contributed by atoms with Crippen molar-refractivity contribution in [2.24, 2.45) is 5.41 Å². The summed E-state index contributed by atoms with van der Waals surface area (Å²) in [5.74, 6) is 0.553. The van der Waals surface area contributed by atoms with E-state index in [4.69, 9.17) is 14.8 Å². The van der Waals surface area contributed by atoms with E-state index in [0.717, 1.165) is 59.7 Å². The first kappa shape index (κ1) is 15.9. The number of rotatable bonds is 3. The Bertz CT molecular complexity index is 1210. The highest BCUT2D eigenvalue weighted by Gasteiger charge is 2.51. The summed E-state index contributed by atoms with van der Waals surface area (Å²) < 4.78 is 9.21. The third-order valence-electron chi connectivity index (χ3n) is 6.00. The van der Waals surface area contributed by atoms with Crippen LogP contribution in [-0.4, -0.2) is 47.6 Å². The molecule has 0 unspecified atom stereocenters. The fourth-order valence-corrected chi connectivity index (χ4v) is 4.33. The third kappa shape index (κ3) is 2.26. The zero-order valence-electron chi connectivity index (χ0n) is 15.8. The molecule has 0 radical (unpaired) electrons. The second-order valence-corrected chi connectivity index (χ2v) is 8.07. The van der Waals surface area contributed by atoms with E-state index in [9.17, 15) is 0 Å². The van der Waals surface area contributed by atoms with Crippen LogP contribution < -0.4 is 5.32 Å². The Morgan fingerprint density at radius 2 is 2.07 bits per heavy atom. The highest BCUT2D eigenvalue weighted by atomic mass is 16.5. The maximum Gasteiger partial charge on any atom is 0.229 e. The highest BCUT2D eigenvalue weighted by molar-refractivity contribution is 5.79. The van der Waals surface area contributed by atoms with Gasteiger partial charge in [0, 0.05) is 11.6 Å². The lowest BCUT2D eigenvalue weighted by Crippen LogP contribution is -2.52. The molecule has 9 heteroatoms. The Balaban J connectivity index is 1.35. The summed E-state index contributed by atoms with van der Waals surface area (Å²) in [5, 5.41) is 13.3. The van der Waals surface area contributed by atoms with E-state index >= 15 is 0 Å². The second kappa shape index (κ2) is 5.48. The first-order valence-electron chi connectivity index (χ1n) is 9.47. The quantitative estimate of drug-likeness (QED) is 0.587. The van der Waals surface area contributed by atoms with Crippen molar-refractivity contribution in [3.63, 3.8) is 0 Å². The number of pyridine rings is 1. The van der Waals surface area contributed by atoms with Gasteiger partial charge in [-0.1, -0.05) is 0 Å². The van der Waals surface area contributed by atoms with Crippen LogP contribution in [0.1, 0.15) is 30.1 Å². The zero-order chi connectivity index (χ0) is 18.9. The molecule has 5 heterocycles. The van der Waals surface area contributed by atoms with Crippen molar-refractivity contribution < 1.29 is 4.74 Å². The number of anilines is 2. The molecule has 0 bridgehead atoms. The molecule has 1 saturated heterocycles. The molecular weight excluding hydrogens is 356 g/mol. The molecule has 0 amide bonds. The van der Waals surface area contributed by atoms with E-state index < -0.39 is 0 Å². The molecule has 1 saturated carbocycles. The lowest BCUT2D eigenvalue weighted by Gasteiger charge is -2.53. The maximum atomic E-state index is 5.40. The molecule has 28 heavy (non-hydrogen) atoms. The Morgan fingerprint density at radius 3 is 2.86 bits per heavy atom. The van der Waals surface area contributed by atoms with Crippen molar-refractivity contribution in [2.45, 2.75) is 32.7 Å². The second-order valence-electron chi connectivity index (χ2n) is 8.07. The van der Waals surface area contributed by atoms with Crippen LogP contribution in [0.15, 0.2) is 24.8 Å². The number of hydrogen-bond acceptors (Lipinski definition) is 7. The lowest BCUT2D eigenvalue weighted by molar-refractivity contribution is -0.175. The van der Waals surface area contributed by atoms with E-state index in [2.05, 4.69) is 25.1 Å². The standard InChI is InChI=1S/C19H20N8O/c1-11-3-16-21-10-22-26(16)7-15(11)23-18-20-6-14-12(2)25-27(17(14)24-18)13-4-19(5-13)8-28-9-19/h3,6-7,10,13H,4-5,8-9H2,1-2H3,(H,20,23,24). The Hall–Kier alpha value is -3.07. The summed E-state index contributed by atoms with van der Waals surface area (Å²) >= 11 is 0. The summed E-state index contributed by atoms with van der Waals surface area (Å²) in [6.45, 7) is 5.80. The molecule has 1 spiro atoms. The fraction of sp³-hybridized carbons (Fsp3) is 0.421. The van der Waals surface area contributed by atoms with Crippen LogP contribution >= 0.6 is 0 Å². The van der Waals surface area contributed by atoms with Gasteiger partial charge in [-0.3, -0.25) is 0 Å². The van der Waals surface area contributed by atoms with Crippen LogP contribution in [0.5, 0.6) is 0 Å². The van der Waals surface area contributed by atoms with Gasteiger partial charge in [-0.25, -0.2) is 19.2 Å². The van der Waals surface area contributed by atoms with Gasteiger partial charge >= 0.3 is 0 Å². The minimum Gasteiger partial charge on any atom is -0.380 e. The van der Waals surface area contributed by atoms with Crippen LogP contribution in [0.2, 0.25) is 0 Å². The number of nitrogens with one attached hydrogen (secondary N) is 1. The van der Waals surface area contributed by atoms with E-state index in [0.29, 0.717) is 17.4 Å². The average molecular weight is 376 g/mol. The first-order chi connectivity index (χ1) is 13.6. The molecular formula is C19H20N8O. The Morgan fingerprint density at radius 1 is 1.21 bits per heavy atom. The van der Waals surface area contributed by atoms with Gasteiger partial charge in [0.05, 0.1) is 42.2 Å². The largest absolute Gasteiger partial charge is 0.380 e. The van der Waals surface area contributed by atoms with E-state index in [1.165, 1.54) is 0 Å². The summed E-state index contributed by atoms with van der Waals surface area (Å²) in [7, 11) is 0. The average Bonchev–Trinajstić information content (AvgIpc) is 3.17. The minimum absolute atomic E-state index is 0.384. The monoisotopic (exact) mass is 376 g/mol. The highest BCUT2D eigenvalue weighted by Crippen LogP contribution is 2.53. The van der Waals surface area contributed by atoms with Gasteiger partial charge in [0.25, 0.3) is 0 Å². The molecule has 1 N–H and O–H groups in total. The van der Waals surface area contributed by atoms with E-state index in [1.54, 1.807) is 10.8 Å². The number of nitrogens with zero attached hydrogens (tertiary/aromatic N) is 7. The number of fused-ring (bicyclic) bond motifs is 2. The van der Waals surface area contributed by atoms with Gasteiger partial charge in [-0.2, -0.15) is 15.2 Å². The Labute approximate surface area is 160 Å². The van der Waals surface area contributed by atoms with E-state index in [-0.39, 0.29) is 0 Å². The van der Waals surface area contributed by atoms with Crippen molar-refractivity contribution in [3.8, 4) is 0 Å². The van der Waals surface area contributed by atoms with Crippen molar-refractivity contribution >= 4 is 28.3 Å². The van der Waals surface area contributed by atoms with Crippen molar-refractivity contribution in [2.75, 3.05) is 18.5 Å². The molecule has 2 fully saturated rings. The van der Waals surface area contributed by atoms with Gasteiger partial charge < -0.3 is 10.1 Å². The molecule has 142 valence electrons. The third-order valence-corrected chi connectivity index (χ3v) is 6.00. The van der Waals surface area contributed by atoms with Crippen LogP contribution in [-0.2, 0) is 4.74 Å². The molecule has 1 aliphatic heterocycles. The molecule has 6 rings (SSSR count). The molecule has 4 aromatic heterocycles. The molecule has 9 nitrogen and oxygen atoms in total. The number of aromatic nitrogens is 7. The SMILES string of the molecule is Cc1cc2ncnn2cc1Nc1ncc2c(C)nn(C3CC4(COC4)C3)c2n1. The van der Waals surface area contributed by atoms with Gasteiger partial charge in [0.1, 0.15) is 6.33 Å². The first-order valence-corrected chi connectivity index (χ1v) is 9.47. The predicted molar refractivity (Wildman–Crippen MR) is 103 cm³/mol. The molecule has 1 aliphatic carbocycles. The lowest BCUT2D eigenvalue weighted by atomic mass is 9.64. The fourth-order valence-electron chi connectivity index (χ4n) is 4.33. The Kier molecular flexibility index (Phi) is 3.12. The van der Waals surface area contributed by atoms with Crippen molar-refractivity contribution in [3.05, 3.63) is 36.0 Å². The molecule has 0 aromatic carbocycles. The molecule has 2 aliphatic rings. The van der Waals surface area contributed by atoms with Crippen LogP contribution in [0, 0.1) is 19.3 Å². The molecule has 0 atom stereocenters. The molecule has 4 aromatic rings. The van der Waals surface area contributed by atoms with Crippen LogP contribution in [0.3, 0.4) is 0 Å². The van der Waals surface area contributed by atoms with Gasteiger partial charge in [-0.05, 0) is 38.3 Å².